The summed E-state index contributed by atoms with van der Waals surface area (Å²) in [6.45, 7) is 2.27. The third-order valence-electron chi connectivity index (χ3n) is 3.04. The number of aliphatic hydroxyl groups excluding tert-OH is 1. The molecule has 0 saturated heterocycles. The largest absolute Gasteiger partial charge is 0.489 e. The molecule has 19 heavy (non-hydrogen) atoms. The highest BCUT2D eigenvalue weighted by Crippen LogP contribution is 2.35. The Morgan fingerprint density at radius 2 is 2.16 bits per heavy atom. The number of rotatable bonds is 3. The summed E-state index contributed by atoms with van der Waals surface area (Å²) in [5, 5.41) is 9.95. The van der Waals surface area contributed by atoms with E-state index in [1.54, 1.807) is 25.1 Å². The minimum absolute atomic E-state index is 0.267. The predicted octanol–water partition coefficient (Wildman–Crippen LogP) is 0.226. The van der Waals surface area contributed by atoms with Crippen molar-refractivity contribution in [3.05, 3.63) is 23.8 Å². The summed E-state index contributed by atoms with van der Waals surface area (Å²) in [5.41, 5.74) is 6.68. The van der Waals surface area contributed by atoms with Crippen molar-refractivity contribution >= 4 is 15.7 Å². The number of hydrogen-bond donors (Lipinski definition) is 2. The summed E-state index contributed by atoms with van der Waals surface area (Å²) in [6.07, 6.45) is 0.310. The van der Waals surface area contributed by atoms with Crippen LogP contribution in [0.15, 0.2) is 18.2 Å². The maximum Gasteiger partial charge on any atom is 0.232 e. The van der Waals surface area contributed by atoms with Crippen molar-refractivity contribution in [3.8, 4) is 5.75 Å². The molecule has 0 spiro atoms. The van der Waals surface area contributed by atoms with Gasteiger partial charge >= 0.3 is 0 Å². The van der Waals surface area contributed by atoms with Gasteiger partial charge in [-0.3, -0.25) is 4.31 Å². The van der Waals surface area contributed by atoms with Gasteiger partial charge in [0.15, 0.2) is 0 Å². The smallest absolute Gasteiger partial charge is 0.232 e. The van der Waals surface area contributed by atoms with Crippen LogP contribution in [0.4, 0.5) is 5.69 Å². The van der Waals surface area contributed by atoms with Crippen LogP contribution in [0.1, 0.15) is 18.6 Å². The van der Waals surface area contributed by atoms with Crippen LogP contribution in [0, 0.1) is 0 Å². The topological polar surface area (TPSA) is 92.9 Å². The first kappa shape index (κ1) is 14.1. The molecule has 3 N–H and O–H groups in total. The van der Waals surface area contributed by atoms with E-state index in [4.69, 9.17) is 10.5 Å². The molecule has 1 aliphatic heterocycles. The average molecular weight is 286 g/mol. The number of nitrogens with zero attached hydrogens (tertiary/aromatic N) is 1. The lowest BCUT2D eigenvalue weighted by atomic mass is 10.0. The first-order valence-electron chi connectivity index (χ1n) is 5.99. The van der Waals surface area contributed by atoms with Crippen LogP contribution < -0.4 is 14.8 Å². The van der Waals surface area contributed by atoms with Crippen molar-refractivity contribution in [2.75, 3.05) is 23.7 Å². The Bertz CT molecular complexity index is 571. The summed E-state index contributed by atoms with van der Waals surface area (Å²) in [5.74, 6) is 0.497. The second-order valence-electron chi connectivity index (χ2n) is 4.71. The van der Waals surface area contributed by atoms with E-state index in [1.807, 2.05) is 0 Å². The lowest BCUT2D eigenvalue weighted by Crippen LogP contribution is -2.37. The highest BCUT2D eigenvalue weighted by Gasteiger charge is 2.26. The Hall–Kier alpha value is -1.31. The first-order chi connectivity index (χ1) is 8.80. The fourth-order valence-electron chi connectivity index (χ4n) is 2.04. The van der Waals surface area contributed by atoms with Crippen molar-refractivity contribution < 1.29 is 18.3 Å². The molecule has 0 fully saturated rings. The molecule has 1 heterocycles. The Morgan fingerprint density at radius 3 is 2.74 bits per heavy atom. The van der Waals surface area contributed by atoms with Crippen molar-refractivity contribution in [3.63, 3.8) is 0 Å². The Balaban J connectivity index is 2.47. The van der Waals surface area contributed by atoms with Crippen LogP contribution in [0.5, 0.6) is 5.75 Å². The number of sulfonamides is 1. The van der Waals surface area contributed by atoms with E-state index in [0.717, 1.165) is 6.26 Å². The molecule has 7 heteroatoms. The van der Waals surface area contributed by atoms with Gasteiger partial charge in [-0.25, -0.2) is 8.42 Å². The Morgan fingerprint density at radius 1 is 1.47 bits per heavy atom. The highest BCUT2D eigenvalue weighted by molar-refractivity contribution is 7.92. The number of hydrogen-bond acceptors (Lipinski definition) is 5. The van der Waals surface area contributed by atoms with Gasteiger partial charge in [-0.1, -0.05) is 6.07 Å². The number of ether oxygens (including phenoxy) is 1. The van der Waals surface area contributed by atoms with Gasteiger partial charge in [0, 0.05) is 6.04 Å². The highest BCUT2D eigenvalue weighted by atomic mass is 32.2. The van der Waals surface area contributed by atoms with Crippen LogP contribution >= 0.6 is 0 Å². The van der Waals surface area contributed by atoms with E-state index in [9.17, 15) is 13.5 Å². The molecular formula is C12H18N2O4S. The van der Waals surface area contributed by atoms with Crippen molar-refractivity contribution in [2.24, 2.45) is 5.73 Å². The summed E-state index contributed by atoms with van der Waals surface area (Å²) in [7, 11) is -3.36. The zero-order valence-electron chi connectivity index (χ0n) is 10.9. The van der Waals surface area contributed by atoms with Crippen molar-refractivity contribution in [1.29, 1.82) is 0 Å². The maximum atomic E-state index is 11.7. The minimum Gasteiger partial charge on any atom is -0.489 e. The zero-order chi connectivity index (χ0) is 14.2. The monoisotopic (exact) mass is 286 g/mol. The van der Waals surface area contributed by atoms with Crippen LogP contribution in [0.2, 0.25) is 0 Å². The van der Waals surface area contributed by atoms with E-state index in [1.165, 1.54) is 4.31 Å². The van der Waals surface area contributed by atoms with Gasteiger partial charge in [-0.15, -0.1) is 0 Å². The number of anilines is 1. The van der Waals surface area contributed by atoms with Gasteiger partial charge in [-0.2, -0.15) is 0 Å². The molecule has 2 rings (SSSR count). The number of nitrogens with two attached hydrogens (primary N) is 1. The van der Waals surface area contributed by atoms with Gasteiger partial charge in [0.05, 0.1) is 24.6 Å². The van der Waals surface area contributed by atoms with Gasteiger partial charge in [0.1, 0.15) is 12.4 Å². The summed E-state index contributed by atoms with van der Waals surface area (Å²) >= 11 is 0. The molecule has 6 nitrogen and oxygen atoms in total. The molecular weight excluding hydrogens is 268 g/mol. The van der Waals surface area contributed by atoms with E-state index in [-0.39, 0.29) is 6.54 Å². The molecule has 1 aromatic rings. The fourth-order valence-corrected chi connectivity index (χ4v) is 2.95. The van der Waals surface area contributed by atoms with Crippen molar-refractivity contribution in [2.45, 2.75) is 19.1 Å². The number of fused-ring (bicyclic) bond motifs is 1. The summed E-state index contributed by atoms with van der Waals surface area (Å²) < 4.78 is 30.2. The van der Waals surface area contributed by atoms with Gasteiger partial charge < -0.3 is 15.6 Å². The molecule has 2 unspecified atom stereocenters. The molecule has 0 radical (unpaired) electrons. The van der Waals surface area contributed by atoms with Gasteiger partial charge in [0.2, 0.25) is 10.0 Å². The third kappa shape index (κ3) is 2.83. The fraction of sp³-hybridized carbons (Fsp3) is 0.500. The molecule has 106 valence electrons. The minimum atomic E-state index is -3.36. The van der Waals surface area contributed by atoms with Crippen LogP contribution in [-0.2, 0) is 10.0 Å². The van der Waals surface area contributed by atoms with E-state index >= 15 is 0 Å². The number of aliphatic hydroxyl groups is 1. The molecule has 0 amide bonds. The molecule has 1 aliphatic rings. The first-order valence-corrected chi connectivity index (χ1v) is 7.83. The molecule has 1 aromatic carbocycles. The molecule has 2 atom stereocenters. The molecule has 0 bridgehead atoms. The SMILES string of the molecule is CC(N)C(O)c1ccc2c(c1)N(S(C)(=O)=O)CCO2. The third-order valence-corrected chi connectivity index (χ3v) is 4.22. The molecule has 0 saturated carbocycles. The van der Waals surface area contributed by atoms with E-state index < -0.39 is 22.2 Å². The zero-order valence-corrected chi connectivity index (χ0v) is 11.7. The maximum absolute atomic E-state index is 11.7. The Labute approximate surface area is 112 Å². The summed E-state index contributed by atoms with van der Waals surface area (Å²) in [4.78, 5) is 0. The quantitative estimate of drug-likeness (QED) is 0.829. The van der Waals surface area contributed by atoms with Crippen LogP contribution in [0.25, 0.3) is 0 Å². The van der Waals surface area contributed by atoms with Crippen molar-refractivity contribution in [1.82, 2.24) is 0 Å². The van der Waals surface area contributed by atoms with E-state index in [2.05, 4.69) is 0 Å². The normalized spacial score (nSPS) is 18.4. The second kappa shape index (κ2) is 4.99. The van der Waals surface area contributed by atoms with Crippen LogP contribution in [0.3, 0.4) is 0 Å². The standard InChI is InChI=1S/C12H18N2O4S/c1-8(13)12(15)9-3-4-11-10(7-9)14(5-6-18-11)19(2,16)17/h3-4,7-8,12,15H,5-6,13H2,1-2H3. The van der Waals surface area contributed by atoms with Gasteiger partial charge in [0.25, 0.3) is 0 Å². The lowest BCUT2D eigenvalue weighted by molar-refractivity contribution is 0.153. The van der Waals surface area contributed by atoms with Gasteiger partial charge in [-0.05, 0) is 24.6 Å². The average Bonchev–Trinajstić information content (AvgIpc) is 2.35. The second-order valence-corrected chi connectivity index (χ2v) is 6.62. The molecule has 0 aromatic heterocycles. The summed E-state index contributed by atoms with van der Waals surface area (Å²) in [6, 6.07) is 4.53. The molecule has 0 aliphatic carbocycles. The predicted molar refractivity (Wildman–Crippen MR) is 72.7 cm³/mol. The lowest BCUT2D eigenvalue weighted by Gasteiger charge is -2.30. The van der Waals surface area contributed by atoms with E-state index in [0.29, 0.717) is 23.6 Å². The van der Waals surface area contributed by atoms with Crippen LogP contribution in [-0.4, -0.2) is 39.0 Å². The Kier molecular flexibility index (Phi) is 3.71. The number of benzene rings is 1.